The lowest BCUT2D eigenvalue weighted by molar-refractivity contribution is 0.259. The van der Waals surface area contributed by atoms with Crippen molar-refractivity contribution in [3.05, 3.63) is 18.1 Å². The highest BCUT2D eigenvalue weighted by molar-refractivity contribution is 8.00. The lowest BCUT2D eigenvalue weighted by Crippen LogP contribution is -2.46. The molecule has 1 aliphatic rings. The summed E-state index contributed by atoms with van der Waals surface area (Å²) < 4.78 is 23.5. The number of nitrogen functional groups attached to an aromatic ring is 1. The molecule has 1 fully saturated rings. The number of nitrogens with zero attached hydrogens (tertiary/aromatic N) is 3. The van der Waals surface area contributed by atoms with E-state index in [0.29, 0.717) is 18.1 Å². The van der Waals surface area contributed by atoms with Gasteiger partial charge in [0, 0.05) is 30.9 Å². The Hall–Kier alpha value is -0.860. The number of sulfone groups is 1. The van der Waals surface area contributed by atoms with Crippen molar-refractivity contribution >= 4 is 27.4 Å². The zero-order valence-corrected chi connectivity index (χ0v) is 11.7. The molecule has 2 rings (SSSR count). The highest BCUT2D eigenvalue weighted by Crippen LogP contribution is 2.21. The quantitative estimate of drug-likeness (QED) is 0.836. The minimum Gasteiger partial charge on any atom is -0.382 e. The fourth-order valence-electron chi connectivity index (χ4n) is 1.85. The summed E-state index contributed by atoms with van der Waals surface area (Å²) in [6.07, 6.45) is 4.37. The molecule has 0 radical (unpaired) electrons. The van der Waals surface area contributed by atoms with Crippen molar-refractivity contribution in [1.82, 2.24) is 14.9 Å². The van der Waals surface area contributed by atoms with Crippen LogP contribution in [-0.4, -0.2) is 53.0 Å². The van der Waals surface area contributed by atoms with E-state index in [1.165, 1.54) is 12.5 Å². The number of nitrogens with two attached hydrogens (primary N) is 1. The first-order valence-electron chi connectivity index (χ1n) is 5.54. The summed E-state index contributed by atoms with van der Waals surface area (Å²) in [4.78, 5) is 10.1. The molecule has 0 aliphatic carbocycles. The lowest BCUT2D eigenvalue weighted by atomic mass is 10.4. The smallest absolute Gasteiger partial charge is 0.164 e. The molecule has 1 aromatic heterocycles. The fraction of sp³-hybridized carbons (Fsp3) is 0.600. The topological polar surface area (TPSA) is 89.2 Å². The van der Waals surface area contributed by atoms with Crippen LogP contribution in [-0.2, 0) is 16.4 Å². The molecular weight excluding hydrogens is 272 g/mol. The van der Waals surface area contributed by atoms with Crippen LogP contribution in [0.3, 0.4) is 0 Å². The molecule has 0 amide bonds. The molecular formula is C10H16N4O2S2. The number of rotatable bonds is 3. The summed E-state index contributed by atoms with van der Waals surface area (Å²) in [6.45, 7) is 1.24. The van der Waals surface area contributed by atoms with Crippen molar-refractivity contribution in [2.75, 3.05) is 30.0 Å². The van der Waals surface area contributed by atoms with Crippen LogP contribution in [0, 0.1) is 0 Å². The third-order valence-electron chi connectivity index (χ3n) is 2.78. The van der Waals surface area contributed by atoms with E-state index in [1.54, 1.807) is 18.0 Å². The van der Waals surface area contributed by atoms with Crippen LogP contribution in [0.2, 0.25) is 0 Å². The third kappa shape index (κ3) is 3.33. The second kappa shape index (κ2) is 5.41. The molecule has 2 heterocycles. The second-order valence-corrected chi connectivity index (χ2v) is 7.62. The predicted octanol–water partition coefficient (Wildman–Crippen LogP) is -0.0217. The van der Waals surface area contributed by atoms with E-state index in [0.717, 1.165) is 18.0 Å². The van der Waals surface area contributed by atoms with Gasteiger partial charge >= 0.3 is 0 Å². The average molecular weight is 288 g/mol. The summed E-state index contributed by atoms with van der Waals surface area (Å²) in [7, 11) is -3.07. The Balaban J connectivity index is 2.13. The molecule has 100 valence electrons. The van der Waals surface area contributed by atoms with Crippen molar-refractivity contribution in [2.45, 2.75) is 11.9 Å². The normalized spacial score (nSPS) is 21.9. The zero-order valence-electron chi connectivity index (χ0n) is 10.1. The maximum absolute atomic E-state index is 11.7. The first kappa shape index (κ1) is 13.6. The molecule has 0 bridgehead atoms. The average Bonchev–Trinajstić information content (AvgIpc) is 2.31. The summed E-state index contributed by atoms with van der Waals surface area (Å²) >= 11 is 1.67. The van der Waals surface area contributed by atoms with Gasteiger partial charge in [-0.3, -0.25) is 9.88 Å². The number of thioether (sulfide) groups is 1. The molecule has 0 saturated carbocycles. The highest BCUT2D eigenvalue weighted by Gasteiger charge is 2.31. The Morgan fingerprint density at radius 1 is 1.50 bits per heavy atom. The second-order valence-electron chi connectivity index (χ2n) is 4.26. The molecule has 6 nitrogen and oxygen atoms in total. The van der Waals surface area contributed by atoms with E-state index in [2.05, 4.69) is 9.97 Å². The first-order valence-corrected chi connectivity index (χ1v) is 8.65. The fourth-order valence-corrected chi connectivity index (χ4v) is 4.79. The minimum atomic E-state index is -3.07. The molecule has 18 heavy (non-hydrogen) atoms. The van der Waals surface area contributed by atoms with Gasteiger partial charge in [-0.2, -0.15) is 11.8 Å². The Kier molecular flexibility index (Phi) is 4.08. The van der Waals surface area contributed by atoms with Gasteiger partial charge in [0.2, 0.25) is 0 Å². The van der Waals surface area contributed by atoms with E-state index >= 15 is 0 Å². The minimum absolute atomic E-state index is 0.368. The van der Waals surface area contributed by atoms with Crippen molar-refractivity contribution in [3.8, 4) is 0 Å². The largest absolute Gasteiger partial charge is 0.382 e. The van der Waals surface area contributed by atoms with Gasteiger partial charge in [-0.1, -0.05) is 0 Å². The van der Waals surface area contributed by atoms with Gasteiger partial charge in [0.1, 0.15) is 11.2 Å². The first-order chi connectivity index (χ1) is 8.47. The van der Waals surface area contributed by atoms with Crippen molar-refractivity contribution in [2.24, 2.45) is 0 Å². The van der Waals surface area contributed by atoms with Crippen molar-refractivity contribution in [1.29, 1.82) is 0 Å². The van der Waals surface area contributed by atoms with Gasteiger partial charge in [-0.25, -0.2) is 13.4 Å². The van der Waals surface area contributed by atoms with E-state index in [1.807, 2.05) is 4.90 Å². The van der Waals surface area contributed by atoms with Gasteiger partial charge in [-0.05, 0) is 0 Å². The van der Waals surface area contributed by atoms with Gasteiger partial charge in [-0.15, -0.1) is 0 Å². The van der Waals surface area contributed by atoms with Gasteiger partial charge < -0.3 is 5.73 Å². The Labute approximate surface area is 111 Å². The van der Waals surface area contributed by atoms with Crippen LogP contribution in [0.25, 0.3) is 0 Å². The van der Waals surface area contributed by atoms with Crippen LogP contribution in [0.15, 0.2) is 12.4 Å². The molecule has 1 aromatic rings. The number of hydrogen-bond donors (Lipinski definition) is 1. The van der Waals surface area contributed by atoms with Gasteiger partial charge in [0.05, 0.1) is 18.1 Å². The van der Waals surface area contributed by atoms with Crippen LogP contribution in [0.5, 0.6) is 0 Å². The predicted molar refractivity (Wildman–Crippen MR) is 72.8 cm³/mol. The Morgan fingerprint density at radius 2 is 2.28 bits per heavy atom. The standard InChI is InChI=1S/C10H16N4O2S2/c1-18(15,16)10-7-17-3-2-14(10)6-8-4-13-9(11)5-12-8/h4-5,10H,2-3,6-7H2,1H3,(H2,11,13). The molecule has 1 atom stereocenters. The van der Waals surface area contributed by atoms with Crippen molar-refractivity contribution in [3.63, 3.8) is 0 Å². The molecule has 1 saturated heterocycles. The Morgan fingerprint density at radius 3 is 2.89 bits per heavy atom. The summed E-state index contributed by atoms with van der Waals surface area (Å²) in [5.74, 6) is 1.92. The molecule has 8 heteroatoms. The molecule has 1 aliphatic heterocycles. The van der Waals surface area contributed by atoms with Gasteiger partial charge in [0.25, 0.3) is 0 Å². The summed E-state index contributed by atoms with van der Waals surface area (Å²) in [5, 5.41) is -0.435. The highest BCUT2D eigenvalue weighted by atomic mass is 32.2. The number of anilines is 1. The lowest BCUT2D eigenvalue weighted by Gasteiger charge is -2.33. The molecule has 2 N–H and O–H groups in total. The molecule has 0 aromatic carbocycles. The van der Waals surface area contributed by atoms with E-state index < -0.39 is 15.2 Å². The van der Waals surface area contributed by atoms with Gasteiger partial charge in [0.15, 0.2) is 9.84 Å². The molecule has 1 unspecified atom stereocenters. The maximum atomic E-state index is 11.7. The van der Waals surface area contributed by atoms with Crippen LogP contribution in [0.4, 0.5) is 5.82 Å². The number of aromatic nitrogens is 2. The zero-order chi connectivity index (χ0) is 13.2. The van der Waals surface area contributed by atoms with Crippen LogP contribution in [0.1, 0.15) is 5.69 Å². The van der Waals surface area contributed by atoms with Crippen molar-refractivity contribution < 1.29 is 8.42 Å². The van der Waals surface area contributed by atoms with Crippen LogP contribution < -0.4 is 5.73 Å². The third-order valence-corrected chi connectivity index (χ3v) is 5.46. The maximum Gasteiger partial charge on any atom is 0.164 e. The monoisotopic (exact) mass is 288 g/mol. The van der Waals surface area contributed by atoms with E-state index in [4.69, 9.17) is 5.73 Å². The SMILES string of the molecule is CS(=O)(=O)C1CSCCN1Cc1cnc(N)cn1. The van der Waals surface area contributed by atoms with Crippen LogP contribution >= 0.6 is 11.8 Å². The molecule has 0 spiro atoms. The Bertz CT molecular complexity index is 503. The summed E-state index contributed by atoms with van der Waals surface area (Å²) in [5.41, 5.74) is 6.21. The number of hydrogen-bond acceptors (Lipinski definition) is 7. The van der Waals surface area contributed by atoms with E-state index in [9.17, 15) is 8.42 Å². The van der Waals surface area contributed by atoms with E-state index in [-0.39, 0.29) is 0 Å². The summed E-state index contributed by atoms with van der Waals surface area (Å²) in [6, 6.07) is 0.